The topological polar surface area (TPSA) is 69.9 Å². The molecule has 0 saturated carbocycles. The molecule has 4 nitrogen and oxygen atoms in total. The minimum Gasteiger partial charge on any atom is -0.324 e. The van der Waals surface area contributed by atoms with Crippen molar-refractivity contribution in [1.82, 2.24) is 0 Å². The van der Waals surface area contributed by atoms with Gasteiger partial charge in [0.15, 0.2) is 0 Å². The Hall–Kier alpha value is -0.830. The minimum atomic E-state index is -4.21. The first-order chi connectivity index (χ1) is 7.05. The third-order valence-corrected chi connectivity index (χ3v) is 3.32. The molecule has 0 bridgehead atoms. The highest BCUT2D eigenvalue weighted by molar-refractivity contribution is 7.78. The second-order valence-electron chi connectivity index (χ2n) is 2.95. The highest BCUT2D eigenvalue weighted by Gasteiger charge is 2.29. The molecular weight excluding hydrogens is 233 g/mol. The van der Waals surface area contributed by atoms with Crippen LogP contribution in [0.1, 0.15) is 11.2 Å². The van der Waals surface area contributed by atoms with Gasteiger partial charge in [-0.3, -0.25) is 4.57 Å². The van der Waals surface area contributed by atoms with E-state index in [9.17, 15) is 4.57 Å². The van der Waals surface area contributed by atoms with Gasteiger partial charge in [0, 0.05) is 0 Å². The summed E-state index contributed by atoms with van der Waals surface area (Å²) >= 11 is 4.37. The van der Waals surface area contributed by atoms with Gasteiger partial charge in [-0.15, -0.1) is 0 Å². The lowest BCUT2D eigenvalue weighted by atomic mass is 10.1. The van der Waals surface area contributed by atoms with E-state index in [1.54, 1.807) is 30.3 Å². The molecule has 1 unspecified atom stereocenters. The van der Waals surface area contributed by atoms with Crippen LogP contribution in [0.25, 0.3) is 0 Å². The number of benzene rings is 1. The number of rotatable bonds is 4. The largest absolute Gasteiger partial charge is 0.334 e. The summed E-state index contributed by atoms with van der Waals surface area (Å²) in [5, 5.41) is 2.11. The van der Waals surface area contributed by atoms with Gasteiger partial charge in [0.05, 0.1) is 11.7 Å². The summed E-state index contributed by atoms with van der Waals surface area (Å²) in [7, 11) is -4.21. The summed E-state index contributed by atoms with van der Waals surface area (Å²) in [5.41, 5.74) is -0.381. The van der Waals surface area contributed by atoms with Gasteiger partial charge in [-0.25, -0.2) is 4.99 Å². The van der Waals surface area contributed by atoms with Crippen molar-refractivity contribution in [1.29, 1.82) is 0 Å². The van der Waals surface area contributed by atoms with E-state index >= 15 is 0 Å². The molecule has 0 spiro atoms. The number of nitrogens with zero attached hydrogens (tertiary/aromatic N) is 1. The third-order valence-electron chi connectivity index (χ3n) is 1.92. The smallest absolute Gasteiger partial charge is 0.324 e. The van der Waals surface area contributed by atoms with E-state index in [2.05, 4.69) is 22.4 Å². The second kappa shape index (κ2) is 5.31. The SMILES string of the molecule is O=P(O)(O)C(CN=C=S)c1ccccc1. The summed E-state index contributed by atoms with van der Waals surface area (Å²) < 4.78 is 11.2. The van der Waals surface area contributed by atoms with Crippen molar-refractivity contribution in [2.45, 2.75) is 5.66 Å². The van der Waals surface area contributed by atoms with Crippen molar-refractivity contribution in [2.75, 3.05) is 6.54 Å². The zero-order valence-corrected chi connectivity index (χ0v) is 9.49. The zero-order valence-electron chi connectivity index (χ0n) is 7.78. The van der Waals surface area contributed by atoms with Crippen LogP contribution in [0, 0.1) is 0 Å². The maximum Gasteiger partial charge on any atom is 0.334 e. The molecule has 0 aliphatic rings. The standard InChI is InChI=1S/C9H10NO3PS/c11-14(12,13)9(6-10-7-15)8-4-2-1-3-5-8/h1-5,9H,6H2,(H2,11,12,13). The molecule has 6 heteroatoms. The van der Waals surface area contributed by atoms with Crippen molar-refractivity contribution >= 4 is 25.0 Å². The van der Waals surface area contributed by atoms with Crippen molar-refractivity contribution in [2.24, 2.45) is 4.99 Å². The first-order valence-corrected chi connectivity index (χ1v) is 6.28. The van der Waals surface area contributed by atoms with Crippen molar-refractivity contribution in [3.63, 3.8) is 0 Å². The quantitative estimate of drug-likeness (QED) is 0.482. The van der Waals surface area contributed by atoms with Gasteiger partial charge in [0.25, 0.3) is 0 Å². The number of isothiocyanates is 1. The van der Waals surface area contributed by atoms with Crippen LogP contribution in [-0.4, -0.2) is 21.5 Å². The Morgan fingerprint density at radius 2 is 2.00 bits per heavy atom. The molecule has 2 N–H and O–H groups in total. The van der Waals surface area contributed by atoms with Crippen molar-refractivity contribution < 1.29 is 14.4 Å². The predicted molar refractivity (Wildman–Crippen MR) is 61.1 cm³/mol. The van der Waals surface area contributed by atoms with Crippen LogP contribution in [0.15, 0.2) is 35.3 Å². The predicted octanol–water partition coefficient (Wildman–Crippen LogP) is 2.01. The fourth-order valence-corrected chi connectivity index (χ4v) is 2.13. The minimum absolute atomic E-state index is 0.0439. The fraction of sp³-hybridized carbons (Fsp3) is 0.222. The van der Waals surface area contributed by atoms with Gasteiger partial charge in [-0.05, 0) is 17.8 Å². The molecule has 15 heavy (non-hydrogen) atoms. The van der Waals surface area contributed by atoms with Gasteiger partial charge >= 0.3 is 7.60 Å². The fourth-order valence-electron chi connectivity index (χ4n) is 1.20. The molecule has 0 fully saturated rings. The Labute approximate surface area is 92.8 Å². The van der Waals surface area contributed by atoms with E-state index < -0.39 is 13.3 Å². The maximum atomic E-state index is 11.2. The molecule has 80 valence electrons. The summed E-state index contributed by atoms with van der Waals surface area (Å²) in [6.45, 7) is -0.0439. The lowest BCUT2D eigenvalue weighted by Crippen LogP contribution is -2.03. The van der Waals surface area contributed by atoms with E-state index in [0.717, 1.165) is 0 Å². The Balaban J connectivity index is 3.02. The first-order valence-electron chi connectivity index (χ1n) is 4.19. The van der Waals surface area contributed by atoms with Crippen LogP contribution < -0.4 is 0 Å². The van der Waals surface area contributed by atoms with E-state index in [0.29, 0.717) is 5.56 Å². The maximum absolute atomic E-state index is 11.2. The highest BCUT2D eigenvalue weighted by Crippen LogP contribution is 2.51. The Kier molecular flexibility index (Phi) is 4.33. The number of hydrogen-bond acceptors (Lipinski definition) is 3. The van der Waals surface area contributed by atoms with Crippen LogP contribution in [-0.2, 0) is 4.57 Å². The van der Waals surface area contributed by atoms with Crippen molar-refractivity contribution in [3.8, 4) is 0 Å². The summed E-state index contributed by atoms with van der Waals surface area (Å²) in [5.74, 6) is 0. The van der Waals surface area contributed by atoms with Crippen molar-refractivity contribution in [3.05, 3.63) is 35.9 Å². The van der Waals surface area contributed by atoms with Crippen LogP contribution >= 0.6 is 19.8 Å². The number of aliphatic imine (C=N–C) groups is 1. The number of thiocarbonyl (C=S) groups is 1. The molecule has 0 saturated heterocycles. The average Bonchev–Trinajstić information content (AvgIpc) is 2.18. The lowest BCUT2D eigenvalue weighted by molar-refractivity contribution is 0.359. The molecule has 0 aromatic heterocycles. The van der Waals surface area contributed by atoms with Crippen LogP contribution in [0.2, 0.25) is 0 Å². The zero-order chi connectivity index (χ0) is 11.3. The third kappa shape index (κ3) is 3.67. The highest BCUT2D eigenvalue weighted by atomic mass is 32.1. The van der Waals surface area contributed by atoms with Gasteiger partial charge in [-0.2, -0.15) is 0 Å². The van der Waals surface area contributed by atoms with Gasteiger partial charge in [0.2, 0.25) is 0 Å². The molecular formula is C9H10NO3PS. The molecule has 0 aliphatic carbocycles. The Bertz CT molecular complexity index is 411. The van der Waals surface area contributed by atoms with Crippen LogP contribution in [0.3, 0.4) is 0 Å². The summed E-state index contributed by atoms with van der Waals surface area (Å²) in [6.07, 6.45) is 0. The molecule has 0 radical (unpaired) electrons. The monoisotopic (exact) mass is 243 g/mol. The van der Waals surface area contributed by atoms with Gasteiger partial charge in [-0.1, -0.05) is 30.3 Å². The lowest BCUT2D eigenvalue weighted by Gasteiger charge is -2.15. The van der Waals surface area contributed by atoms with Crippen LogP contribution in [0.4, 0.5) is 0 Å². The second-order valence-corrected chi connectivity index (χ2v) is 4.93. The normalized spacial score (nSPS) is 12.9. The summed E-state index contributed by atoms with van der Waals surface area (Å²) in [6, 6.07) is 8.53. The molecule has 0 heterocycles. The molecule has 1 atom stereocenters. The van der Waals surface area contributed by atoms with Crippen LogP contribution in [0.5, 0.6) is 0 Å². The van der Waals surface area contributed by atoms with E-state index in [-0.39, 0.29) is 6.54 Å². The molecule has 1 rings (SSSR count). The molecule has 0 amide bonds. The Morgan fingerprint density at radius 3 is 2.47 bits per heavy atom. The van der Waals surface area contributed by atoms with E-state index in [1.165, 1.54) is 0 Å². The molecule has 1 aromatic rings. The van der Waals surface area contributed by atoms with E-state index in [1.807, 2.05) is 0 Å². The molecule has 1 aromatic carbocycles. The number of hydrogen-bond donors (Lipinski definition) is 2. The summed E-state index contributed by atoms with van der Waals surface area (Å²) in [4.78, 5) is 21.9. The van der Waals surface area contributed by atoms with E-state index in [4.69, 9.17) is 9.79 Å². The average molecular weight is 243 g/mol. The Morgan fingerprint density at radius 1 is 1.40 bits per heavy atom. The van der Waals surface area contributed by atoms with Gasteiger partial charge in [0.1, 0.15) is 5.66 Å². The molecule has 0 aliphatic heterocycles. The first kappa shape index (κ1) is 12.2. The van der Waals surface area contributed by atoms with Gasteiger partial charge < -0.3 is 9.79 Å².